The fourth-order valence-corrected chi connectivity index (χ4v) is 4.67. The largest absolute Gasteiger partial charge is 0.457 e. The zero-order valence-corrected chi connectivity index (χ0v) is 16.3. The minimum absolute atomic E-state index is 0.0438. The summed E-state index contributed by atoms with van der Waals surface area (Å²) in [6, 6.07) is 14.7. The normalized spacial score (nSPS) is 15.4. The van der Waals surface area contributed by atoms with Crippen LogP contribution in [-0.4, -0.2) is 31.8 Å². The average molecular weight is 398 g/mol. The molecular weight excluding hydrogens is 376 g/mol. The standard InChI is InChI=1S/C21H22N2O4S/c22-15-17-6-5-7-18(14-17)16-27-21(24)19-8-10-20(11-9-19)28(25,26)23-12-3-1-2-4-13-23/h5-11,14H,1-4,12-13,16H2. The lowest BCUT2D eigenvalue weighted by atomic mass is 10.1. The smallest absolute Gasteiger partial charge is 0.338 e. The molecule has 0 spiro atoms. The van der Waals surface area contributed by atoms with Crippen LogP contribution in [0, 0.1) is 11.3 Å². The molecule has 1 heterocycles. The highest BCUT2D eigenvalue weighted by Crippen LogP contribution is 2.21. The quantitative estimate of drug-likeness (QED) is 0.720. The van der Waals surface area contributed by atoms with E-state index in [1.165, 1.54) is 28.6 Å². The number of ether oxygens (including phenoxy) is 1. The Hall–Kier alpha value is -2.69. The van der Waals surface area contributed by atoms with E-state index < -0.39 is 16.0 Å². The summed E-state index contributed by atoms with van der Waals surface area (Å²) in [6.07, 6.45) is 3.84. The third-order valence-corrected chi connectivity index (χ3v) is 6.63. The lowest BCUT2D eigenvalue weighted by Gasteiger charge is -2.20. The molecule has 7 heteroatoms. The molecule has 2 aromatic rings. The van der Waals surface area contributed by atoms with E-state index in [2.05, 4.69) is 0 Å². The Balaban J connectivity index is 1.66. The van der Waals surface area contributed by atoms with Gasteiger partial charge in [0.1, 0.15) is 6.61 Å². The van der Waals surface area contributed by atoms with Crippen LogP contribution in [0.25, 0.3) is 0 Å². The molecule has 1 aliphatic rings. The molecule has 6 nitrogen and oxygen atoms in total. The second-order valence-electron chi connectivity index (χ2n) is 6.73. The summed E-state index contributed by atoms with van der Waals surface area (Å²) >= 11 is 0. The Morgan fingerprint density at radius 1 is 1.04 bits per heavy atom. The van der Waals surface area contributed by atoms with E-state index in [0.717, 1.165) is 25.7 Å². The summed E-state index contributed by atoms with van der Waals surface area (Å²) < 4.78 is 32.3. The van der Waals surface area contributed by atoms with Crippen LogP contribution < -0.4 is 0 Å². The van der Waals surface area contributed by atoms with Crippen LogP contribution in [-0.2, 0) is 21.4 Å². The first kappa shape index (κ1) is 20.1. The third kappa shape index (κ3) is 4.77. The fraction of sp³-hybridized carbons (Fsp3) is 0.333. The molecule has 0 aromatic heterocycles. The maximum Gasteiger partial charge on any atom is 0.338 e. The Kier molecular flexibility index (Phi) is 6.45. The van der Waals surface area contributed by atoms with E-state index in [1.54, 1.807) is 24.3 Å². The number of benzene rings is 2. The van der Waals surface area contributed by atoms with Gasteiger partial charge >= 0.3 is 5.97 Å². The number of hydrogen-bond acceptors (Lipinski definition) is 5. The first-order valence-corrected chi connectivity index (χ1v) is 10.7. The van der Waals surface area contributed by atoms with Crippen LogP contribution in [0.15, 0.2) is 53.4 Å². The van der Waals surface area contributed by atoms with Gasteiger partial charge in [0.25, 0.3) is 0 Å². The van der Waals surface area contributed by atoms with Gasteiger partial charge in [-0.05, 0) is 54.8 Å². The summed E-state index contributed by atoms with van der Waals surface area (Å²) in [6.45, 7) is 1.12. The Morgan fingerprint density at radius 2 is 1.71 bits per heavy atom. The molecule has 3 rings (SSSR count). The molecule has 28 heavy (non-hydrogen) atoms. The molecule has 0 radical (unpaired) electrons. The third-order valence-electron chi connectivity index (χ3n) is 4.72. The van der Waals surface area contributed by atoms with Gasteiger partial charge in [0.15, 0.2) is 0 Å². The Morgan fingerprint density at radius 3 is 2.36 bits per heavy atom. The van der Waals surface area contributed by atoms with Gasteiger partial charge in [-0.25, -0.2) is 13.2 Å². The van der Waals surface area contributed by atoms with Gasteiger partial charge < -0.3 is 4.74 Å². The molecule has 1 aliphatic heterocycles. The monoisotopic (exact) mass is 398 g/mol. The molecule has 0 saturated carbocycles. The van der Waals surface area contributed by atoms with Crippen molar-refractivity contribution in [1.29, 1.82) is 5.26 Å². The number of rotatable bonds is 5. The van der Waals surface area contributed by atoms with E-state index in [4.69, 9.17) is 10.00 Å². The van der Waals surface area contributed by atoms with Crippen molar-refractivity contribution < 1.29 is 17.9 Å². The lowest BCUT2D eigenvalue weighted by Crippen LogP contribution is -2.31. The highest BCUT2D eigenvalue weighted by Gasteiger charge is 2.25. The lowest BCUT2D eigenvalue weighted by molar-refractivity contribution is 0.0472. The number of carbonyl (C=O) groups excluding carboxylic acids is 1. The van der Waals surface area contributed by atoms with Gasteiger partial charge in [0, 0.05) is 13.1 Å². The van der Waals surface area contributed by atoms with Gasteiger partial charge in [-0.3, -0.25) is 0 Å². The molecule has 1 saturated heterocycles. The van der Waals surface area contributed by atoms with E-state index >= 15 is 0 Å². The maximum atomic E-state index is 12.8. The zero-order valence-electron chi connectivity index (χ0n) is 15.5. The molecule has 0 aliphatic carbocycles. The predicted molar refractivity (Wildman–Crippen MR) is 104 cm³/mol. The number of sulfonamides is 1. The highest BCUT2D eigenvalue weighted by atomic mass is 32.2. The maximum absolute atomic E-state index is 12.8. The Labute approximate surface area is 165 Å². The summed E-state index contributed by atoms with van der Waals surface area (Å²) in [5.74, 6) is -0.541. The van der Waals surface area contributed by atoms with Gasteiger partial charge in [-0.15, -0.1) is 0 Å². The first-order valence-electron chi connectivity index (χ1n) is 9.27. The Bertz CT molecular complexity index is 970. The summed E-state index contributed by atoms with van der Waals surface area (Å²) in [5.41, 5.74) is 1.50. The zero-order chi connectivity index (χ0) is 20.0. The number of nitriles is 1. The average Bonchev–Trinajstić information content (AvgIpc) is 3.02. The molecule has 0 amide bonds. The van der Waals surface area contributed by atoms with Crippen molar-refractivity contribution in [2.75, 3.05) is 13.1 Å². The van der Waals surface area contributed by atoms with Crippen molar-refractivity contribution >= 4 is 16.0 Å². The van der Waals surface area contributed by atoms with Gasteiger partial charge in [-0.1, -0.05) is 25.0 Å². The van der Waals surface area contributed by atoms with Crippen LogP contribution in [0.3, 0.4) is 0 Å². The van der Waals surface area contributed by atoms with Gasteiger partial charge in [0.05, 0.1) is 22.1 Å². The second kappa shape index (κ2) is 9.00. The topological polar surface area (TPSA) is 87.5 Å². The van der Waals surface area contributed by atoms with Crippen LogP contribution in [0.4, 0.5) is 0 Å². The van der Waals surface area contributed by atoms with Crippen molar-refractivity contribution in [3.63, 3.8) is 0 Å². The minimum atomic E-state index is -3.54. The summed E-state index contributed by atoms with van der Waals surface area (Å²) in [4.78, 5) is 12.4. The molecule has 2 aromatic carbocycles. The highest BCUT2D eigenvalue weighted by molar-refractivity contribution is 7.89. The molecule has 0 bridgehead atoms. The van der Waals surface area contributed by atoms with Crippen molar-refractivity contribution in [3.8, 4) is 6.07 Å². The van der Waals surface area contributed by atoms with E-state index in [0.29, 0.717) is 24.2 Å². The second-order valence-corrected chi connectivity index (χ2v) is 8.67. The molecule has 146 valence electrons. The number of hydrogen-bond donors (Lipinski definition) is 0. The van der Waals surface area contributed by atoms with Crippen molar-refractivity contribution in [1.82, 2.24) is 4.31 Å². The molecule has 0 N–H and O–H groups in total. The van der Waals surface area contributed by atoms with E-state index in [1.807, 2.05) is 6.07 Å². The first-order chi connectivity index (χ1) is 13.5. The minimum Gasteiger partial charge on any atom is -0.457 e. The molecule has 1 fully saturated rings. The van der Waals surface area contributed by atoms with Crippen molar-refractivity contribution in [2.45, 2.75) is 37.2 Å². The van der Waals surface area contributed by atoms with Crippen molar-refractivity contribution in [3.05, 3.63) is 65.2 Å². The fourth-order valence-electron chi connectivity index (χ4n) is 3.16. The van der Waals surface area contributed by atoms with E-state index in [-0.39, 0.29) is 17.1 Å². The van der Waals surface area contributed by atoms with Crippen molar-refractivity contribution in [2.24, 2.45) is 0 Å². The van der Waals surface area contributed by atoms with Crippen LogP contribution >= 0.6 is 0 Å². The van der Waals surface area contributed by atoms with Crippen LogP contribution in [0.5, 0.6) is 0 Å². The molecular formula is C21H22N2O4S. The SMILES string of the molecule is N#Cc1cccc(COC(=O)c2ccc(S(=O)(=O)N3CCCCCC3)cc2)c1. The van der Waals surface area contributed by atoms with Gasteiger partial charge in [-0.2, -0.15) is 9.57 Å². The van der Waals surface area contributed by atoms with Gasteiger partial charge in [0.2, 0.25) is 10.0 Å². The number of carbonyl (C=O) groups is 1. The molecule has 0 unspecified atom stereocenters. The number of esters is 1. The number of nitrogens with zero attached hydrogens (tertiary/aromatic N) is 2. The summed E-state index contributed by atoms with van der Waals surface area (Å²) in [7, 11) is -3.54. The van der Waals surface area contributed by atoms with Crippen LogP contribution in [0.2, 0.25) is 0 Å². The molecule has 0 atom stereocenters. The van der Waals surface area contributed by atoms with Crippen LogP contribution in [0.1, 0.15) is 47.2 Å². The predicted octanol–water partition coefficient (Wildman–Crippen LogP) is 3.48. The van der Waals surface area contributed by atoms with E-state index in [9.17, 15) is 13.2 Å². The summed E-state index contributed by atoms with van der Waals surface area (Å²) in [5, 5.41) is 8.91.